The van der Waals surface area contributed by atoms with Crippen molar-refractivity contribution in [1.29, 1.82) is 0 Å². The lowest BCUT2D eigenvalue weighted by atomic mass is 10.2. The molecule has 1 aromatic heterocycles. The molecule has 3 nitrogen and oxygen atoms in total. The second kappa shape index (κ2) is 2.09. The smallest absolute Gasteiger partial charge is 0.0490 e. The minimum absolute atomic E-state index is 0.674. The van der Waals surface area contributed by atoms with Gasteiger partial charge in [-0.1, -0.05) is 0 Å². The van der Waals surface area contributed by atoms with E-state index in [9.17, 15) is 0 Å². The quantitative estimate of drug-likeness (QED) is 0.622. The van der Waals surface area contributed by atoms with Crippen LogP contribution in [0.4, 0.5) is 0 Å². The molecule has 1 heterocycles. The predicted molar refractivity (Wildman–Crippen MR) is 38.5 cm³/mol. The second-order valence-electron chi connectivity index (χ2n) is 2.85. The zero-order chi connectivity index (χ0) is 6.97. The van der Waals surface area contributed by atoms with Gasteiger partial charge in [-0.2, -0.15) is 5.10 Å². The molecule has 1 aliphatic rings. The zero-order valence-electron chi connectivity index (χ0n) is 5.75. The molecule has 3 N–H and O–H groups in total. The Balaban J connectivity index is 2.05. The van der Waals surface area contributed by atoms with Crippen molar-refractivity contribution in [2.75, 3.05) is 6.54 Å². The van der Waals surface area contributed by atoms with Gasteiger partial charge in [-0.05, 0) is 24.9 Å². The number of nitrogens with two attached hydrogens (primary N) is 1. The molecule has 1 aromatic rings. The van der Waals surface area contributed by atoms with E-state index in [4.69, 9.17) is 5.73 Å². The molecular formula is C7H11N3. The molecule has 0 amide bonds. The summed E-state index contributed by atoms with van der Waals surface area (Å²) >= 11 is 0. The van der Waals surface area contributed by atoms with E-state index in [2.05, 4.69) is 10.2 Å². The molecule has 0 spiro atoms. The van der Waals surface area contributed by atoms with Gasteiger partial charge in [0.1, 0.15) is 0 Å². The van der Waals surface area contributed by atoms with Crippen LogP contribution in [0, 0.1) is 5.92 Å². The van der Waals surface area contributed by atoms with Crippen LogP contribution in [0.2, 0.25) is 0 Å². The molecule has 0 aliphatic heterocycles. The third-order valence-corrected chi connectivity index (χ3v) is 2.15. The monoisotopic (exact) mass is 137 g/mol. The van der Waals surface area contributed by atoms with E-state index in [1.807, 2.05) is 6.07 Å². The van der Waals surface area contributed by atoms with Gasteiger partial charge in [-0.15, -0.1) is 0 Å². The molecule has 2 rings (SSSR count). The van der Waals surface area contributed by atoms with E-state index in [0.717, 1.165) is 6.54 Å². The zero-order valence-corrected chi connectivity index (χ0v) is 5.75. The van der Waals surface area contributed by atoms with Crippen LogP contribution in [0.1, 0.15) is 18.0 Å². The minimum atomic E-state index is 0.674. The normalized spacial score (nSPS) is 30.5. The lowest BCUT2D eigenvalue weighted by Crippen LogP contribution is -2.01. The number of nitrogens with zero attached hydrogens (tertiary/aromatic N) is 1. The summed E-state index contributed by atoms with van der Waals surface area (Å²) in [6, 6.07) is 2.03. The highest BCUT2D eigenvalue weighted by Gasteiger charge is 2.37. The van der Waals surface area contributed by atoms with Crippen LogP contribution in [0.5, 0.6) is 0 Å². The lowest BCUT2D eigenvalue weighted by Gasteiger charge is -1.90. The van der Waals surface area contributed by atoms with Gasteiger partial charge in [-0.25, -0.2) is 0 Å². The lowest BCUT2D eigenvalue weighted by molar-refractivity contribution is 0.793. The van der Waals surface area contributed by atoms with Crippen LogP contribution < -0.4 is 5.73 Å². The SMILES string of the molecule is NC[C@@H]1C[C@H]1c1ccn[nH]1. The van der Waals surface area contributed by atoms with E-state index in [-0.39, 0.29) is 0 Å². The maximum absolute atomic E-state index is 5.50. The molecule has 0 unspecified atom stereocenters. The Kier molecular flexibility index (Phi) is 1.24. The average Bonchev–Trinajstić information content (AvgIpc) is 2.56. The molecule has 1 fully saturated rings. The van der Waals surface area contributed by atoms with Crippen LogP contribution in [0.15, 0.2) is 12.3 Å². The van der Waals surface area contributed by atoms with Crippen molar-refractivity contribution in [3.8, 4) is 0 Å². The molecule has 10 heavy (non-hydrogen) atoms. The molecule has 0 aromatic carbocycles. The number of aromatic nitrogens is 2. The van der Waals surface area contributed by atoms with Crippen molar-refractivity contribution >= 4 is 0 Å². The molecular weight excluding hydrogens is 126 g/mol. The summed E-state index contributed by atoms with van der Waals surface area (Å²) in [6.45, 7) is 0.809. The molecule has 3 heteroatoms. The second-order valence-corrected chi connectivity index (χ2v) is 2.85. The molecule has 0 radical (unpaired) electrons. The van der Waals surface area contributed by atoms with Crippen molar-refractivity contribution in [1.82, 2.24) is 10.2 Å². The molecule has 1 aliphatic carbocycles. The molecule has 0 saturated heterocycles. The maximum atomic E-state index is 5.50. The number of hydrogen-bond donors (Lipinski definition) is 2. The highest BCUT2D eigenvalue weighted by molar-refractivity contribution is 5.15. The van der Waals surface area contributed by atoms with Crippen molar-refractivity contribution in [3.05, 3.63) is 18.0 Å². The van der Waals surface area contributed by atoms with Gasteiger partial charge < -0.3 is 5.73 Å². The fourth-order valence-electron chi connectivity index (χ4n) is 1.36. The standard InChI is InChI=1S/C7H11N3/c8-4-5-3-6(5)7-1-2-9-10-7/h1-2,5-6H,3-4,8H2,(H,9,10)/t5-,6+/m0/s1. The number of aromatic amines is 1. The Morgan fingerprint density at radius 1 is 1.80 bits per heavy atom. The Morgan fingerprint density at radius 2 is 2.70 bits per heavy atom. The fourth-order valence-corrected chi connectivity index (χ4v) is 1.36. The van der Waals surface area contributed by atoms with E-state index in [0.29, 0.717) is 11.8 Å². The molecule has 1 saturated carbocycles. The number of H-pyrrole nitrogens is 1. The van der Waals surface area contributed by atoms with Gasteiger partial charge in [-0.3, -0.25) is 5.10 Å². The highest BCUT2D eigenvalue weighted by Crippen LogP contribution is 2.45. The Morgan fingerprint density at radius 3 is 3.20 bits per heavy atom. The summed E-state index contributed by atoms with van der Waals surface area (Å²) in [5.41, 5.74) is 6.74. The van der Waals surface area contributed by atoms with Crippen LogP contribution >= 0.6 is 0 Å². The Labute approximate surface area is 59.6 Å². The van der Waals surface area contributed by atoms with Gasteiger partial charge in [0, 0.05) is 17.8 Å². The summed E-state index contributed by atoms with van der Waals surface area (Å²) in [7, 11) is 0. The summed E-state index contributed by atoms with van der Waals surface area (Å²) in [6.07, 6.45) is 3.03. The largest absolute Gasteiger partial charge is 0.330 e. The van der Waals surface area contributed by atoms with Gasteiger partial charge in [0.25, 0.3) is 0 Å². The first kappa shape index (κ1) is 5.92. The third kappa shape index (κ3) is 0.827. The Hall–Kier alpha value is -0.830. The first-order valence-electron chi connectivity index (χ1n) is 3.61. The van der Waals surface area contributed by atoms with Crippen LogP contribution in [0.3, 0.4) is 0 Å². The van der Waals surface area contributed by atoms with Crippen molar-refractivity contribution < 1.29 is 0 Å². The topological polar surface area (TPSA) is 54.7 Å². The van der Waals surface area contributed by atoms with E-state index >= 15 is 0 Å². The number of rotatable bonds is 2. The number of nitrogens with one attached hydrogen (secondary N) is 1. The average molecular weight is 137 g/mol. The first-order valence-corrected chi connectivity index (χ1v) is 3.61. The van der Waals surface area contributed by atoms with Crippen LogP contribution in [-0.2, 0) is 0 Å². The highest BCUT2D eigenvalue weighted by atomic mass is 15.1. The maximum Gasteiger partial charge on any atom is 0.0490 e. The molecule has 54 valence electrons. The third-order valence-electron chi connectivity index (χ3n) is 2.15. The van der Waals surface area contributed by atoms with Crippen molar-refractivity contribution in [3.63, 3.8) is 0 Å². The van der Waals surface area contributed by atoms with E-state index < -0.39 is 0 Å². The summed E-state index contributed by atoms with van der Waals surface area (Å²) in [5, 5.41) is 6.84. The molecule has 0 bridgehead atoms. The fraction of sp³-hybridized carbons (Fsp3) is 0.571. The first-order chi connectivity index (χ1) is 4.92. The number of hydrogen-bond acceptors (Lipinski definition) is 2. The van der Waals surface area contributed by atoms with Crippen LogP contribution in [-0.4, -0.2) is 16.7 Å². The Bertz CT molecular complexity index is 205. The van der Waals surface area contributed by atoms with E-state index in [1.165, 1.54) is 12.1 Å². The summed E-state index contributed by atoms with van der Waals surface area (Å²) < 4.78 is 0. The van der Waals surface area contributed by atoms with Gasteiger partial charge in [0.15, 0.2) is 0 Å². The summed E-state index contributed by atoms with van der Waals surface area (Å²) in [4.78, 5) is 0. The minimum Gasteiger partial charge on any atom is -0.330 e. The van der Waals surface area contributed by atoms with E-state index in [1.54, 1.807) is 6.20 Å². The van der Waals surface area contributed by atoms with Gasteiger partial charge in [0.2, 0.25) is 0 Å². The van der Waals surface area contributed by atoms with Crippen LogP contribution in [0.25, 0.3) is 0 Å². The van der Waals surface area contributed by atoms with Gasteiger partial charge >= 0.3 is 0 Å². The van der Waals surface area contributed by atoms with Crippen molar-refractivity contribution in [2.24, 2.45) is 11.7 Å². The molecule has 2 atom stereocenters. The van der Waals surface area contributed by atoms with Crippen molar-refractivity contribution in [2.45, 2.75) is 12.3 Å². The predicted octanol–water partition coefficient (Wildman–Crippen LogP) is 0.472. The summed E-state index contributed by atoms with van der Waals surface area (Å²) in [5.74, 6) is 1.38. The van der Waals surface area contributed by atoms with Gasteiger partial charge in [0.05, 0.1) is 0 Å².